The molecule has 0 aromatic heterocycles. The van der Waals surface area contributed by atoms with E-state index in [4.69, 9.17) is 9.84 Å². The summed E-state index contributed by atoms with van der Waals surface area (Å²) < 4.78 is 5.15. The number of carboxylic acid groups (broad SMARTS) is 1. The van der Waals surface area contributed by atoms with E-state index < -0.39 is 5.97 Å². The van der Waals surface area contributed by atoms with Gasteiger partial charge in [0.05, 0.1) is 19.8 Å². The van der Waals surface area contributed by atoms with E-state index in [0.29, 0.717) is 13.2 Å². The van der Waals surface area contributed by atoms with Gasteiger partial charge in [0.1, 0.15) is 6.54 Å². The summed E-state index contributed by atoms with van der Waals surface area (Å²) in [4.78, 5) is 25.1. The van der Waals surface area contributed by atoms with Crippen LogP contribution >= 0.6 is 0 Å². The zero-order valence-corrected chi connectivity index (χ0v) is 8.81. The summed E-state index contributed by atoms with van der Waals surface area (Å²) in [7, 11) is 1.50. The molecule has 1 saturated heterocycles. The lowest BCUT2D eigenvalue weighted by Gasteiger charge is -2.27. The fraction of sp³-hybridized carbons (Fsp3) is 0.778. The average molecular weight is 216 g/mol. The highest BCUT2D eigenvalue weighted by atomic mass is 16.5. The molecule has 1 aliphatic heterocycles. The molecule has 86 valence electrons. The van der Waals surface area contributed by atoms with E-state index in [1.54, 1.807) is 0 Å². The third-order valence-electron chi connectivity index (χ3n) is 2.26. The molecular weight excluding hydrogens is 200 g/mol. The van der Waals surface area contributed by atoms with Crippen molar-refractivity contribution in [3.05, 3.63) is 0 Å². The van der Waals surface area contributed by atoms with Gasteiger partial charge in [0.25, 0.3) is 0 Å². The summed E-state index contributed by atoms with van der Waals surface area (Å²) in [5.74, 6) is -1.16. The lowest BCUT2D eigenvalue weighted by molar-refractivity contribution is -0.144. The molecule has 0 bridgehead atoms. The van der Waals surface area contributed by atoms with Crippen molar-refractivity contribution in [2.75, 3.05) is 46.4 Å². The molecule has 6 heteroatoms. The fourth-order valence-corrected chi connectivity index (χ4v) is 1.36. The predicted octanol–water partition coefficient (Wildman–Crippen LogP) is -1.14. The number of rotatable bonds is 4. The van der Waals surface area contributed by atoms with Gasteiger partial charge in [0, 0.05) is 20.1 Å². The standard InChI is InChI=1S/C9H16N2O4/c1-10(7-9(13)14)8(12)6-11-2-4-15-5-3-11/h2-7H2,1H3,(H,13,14). The summed E-state index contributed by atoms with van der Waals surface area (Å²) in [6.07, 6.45) is 0. The van der Waals surface area contributed by atoms with E-state index in [2.05, 4.69) is 0 Å². The smallest absolute Gasteiger partial charge is 0.323 e. The quantitative estimate of drug-likeness (QED) is 0.643. The van der Waals surface area contributed by atoms with Gasteiger partial charge in [-0.15, -0.1) is 0 Å². The third kappa shape index (κ3) is 4.26. The number of hydrogen-bond acceptors (Lipinski definition) is 4. The fourth-order valence-electron chi connectivity index (χ4n) is 1.36. The van der Waals surface area contributed by atoms with E-state index in [1.807, 2.05) is 4.90 Å². The van der Waals surface area contributed by atoms with Crippen LogP contribution < -0.4 is 0 Å². The molecule has 0 atom stereocenters. The number of carbonyl (C=O) groups is 2. The molecule has 1 amide bonds. The van der Waals surface area contributed by atoms with Crippen molar-refractivity contribution in [3.8, 4) is 0 Å². The van der Waals surface area contributed by atoms with Gasteiger partial charge in [-0.2, -0.15) is 0 Å². The van der Waals surface area contributed by atoms with E-state index >= 15 is 0 Å². The first-order valence-electron chi connectivity index (χ1n) is 4.85. The molecule has 0 saturated carbocycles. The van der Waals surface area contributed by atoms with Gasteiger partial charge in [-0.3, -0.25) is 14.5 Å². The van der Waals surface area contributed by atoms with E-state index in [1.165, 1.54) is 11.9 Å². The largest absolute Gasteiger partial charge is 0.480 e. The molecule has 1 aliphatic rings. The second kappa shape index (κ2) is 5.67. The van der Waals surface area contributed by atoms with Crippen LogP contribution in [0.15, 0.2) is 0 Å². The molecule has 15 heavy (non-hydrogen) atoms. The minimum atomic E-state index is -0.993. The van der Waals surface area contributed by atoms with Gasteiger partial charge in [0.15, 0.2) is 0 Å². The molecule has 0 aliphatic carbocycles. The average Bonchev–Trinajstić information content (AvgIpc) is 2.18. The number of amides is 1. The Morgan fingerprint density at radius 3 is 2.53 bits per heavy atom. The number of nitrogens with zero attached hydrogens (tertiary/aromatic N) is 2. The molecule has 0 radical (unpaired) electrons. The highest BCUT2D eigenvalue weighted by Crippen LogP contribution is 1.97. The van der Waals surface area contributed by atoms with Crippen LogP contribution in [0.5, 0.6) is 0 Å². The van der Waals surface area contributed by atoms with Gasteiger partial charge in [0.2, 0.25) is 5.91 Å². The second-order valence-corrected chi connectivity index (χ2v) is 3.53. The van der Waals surface area contributed by atoms with Crippen molar-refractivity contribution in [1.82, 2.24) is 9.80 Å². The monoisotopic (exact) mass is 216 g/mol. The lowest BCUT2D eigenvalue weighted by atomic mass is 10.4. The molecule has 1 fully saturated rings. The number of carboxylic acids is 1. The summed E-state index contributed by atoms with van der Waals surface area (Å²) in [5.41, 5.74) is 0. The van der Waals surface area contributed by atoms with Crippen LogP contribution in [0.4, 0.5) is 0 Å². The van der Waals surface area contributed by atoms with Gasteiger partial charge in [-0.25, -0.2) is 0 Å². The Balaban J connectivity index is 2.30. The van der Waals surface area contributed by atoms with Crippen LogP contribution in [0.3, 0.4) is 0 Å². The first-order chi connectivity index (χ1) is 7.09. The van der Waals surface area contributed by atoms with Crippen LogP contribution in [0.1, 0.15) is 0 Å². The number of morpholine rings is 1. The van der Waals surface area contributed by atoms with Crippen molar-refractivity contribution in [2.24, 2.45) is 0 Å². The van der Waals surface area contributed by atoms with Crippen molar-refractivity contribution < 1.29 is 19.4 Å². The predicted molar refractivity (Wildman–Crippen MR) is 52.5 cm³/mol. The van der Waals surface area contributed by atoms with Crippen molar-refractivity contribution in [1.29, 1.82) is 0 Å². The minimum Gasteiger partial charge on any atom is -0.480 e. The maximum atomic E-state index is 11.5. The summed E-state index contributed by atoms with van der Waals surface area (Å²) in [5, 5.41) is 8.51. The molecule has 1 rings (SSSR count). The van der Waals surface area contributed by atoms with Crippen molar-refractivity contribution >= 4 is 11.9 Å². The Kier molecular flexibility index (Phi) is 4.51. The Morgan fingerprint density at radius 1 is 1.40 bits per heavy atom. The van der Waals surface area contributed by atoms with Gasteiger partial charge >= 0.3 is 5.97 Å². The second-order valence-electron chi connectivity index (χ2n) is 3.53. The molecule has 1 heterocycles. The molecule has 0 aromatic rings. The van der Waals surface area contributed by atoms with E-state index in [0.717, 1.165) is 13.1 Å². The van der Waals surface area contributed by atoms with Crippen LogP contribution in [-0.4, -0.2) is 73.2 Å². The Morgan fingerprint density at radius 2 is 2.00 bits per heavy atom. The summed E-state index contributed by atoms with van der Waals surface area (Å²) >= 11 is 0. The highest BCUT2D eigenvalue weighted by Gasteiger charge is 2.17. The topological polar surface area (TPSA) is 70.1 Å². The van der Waals surface area contributed by atoms with E-state index in [9.17, 15) is 9.59 Å². The number of ether oxygens (including phenoxy) is 1. The van der Waals surface area contributed by atoms with Crippen LogP contribution in [0.2, 0.25) is 0 Å². The SMILES string of the molecule is CN(CC(=O)O)C(=O)CN1CCOCC1. The maximum Gasteiger partial charge on any atom is 0.323 e. The number of likely N-dealkylation sites (N-methyl/N-ethyl adjacent to an activating group) is 1. The normalized spacial score (nSPS) is 17.4. The first kappa shape index (κ1) is 11.9. The Bertz CT molecular complexity index is 238. The van der Waals surface area contributed by atoms with Crippen molar-refractivity contribution in [3.63, 3.8) is 0 Å². The van der Waals surface area contributed by atoms with Crippen LogP contribution in [0, 0.1) is 0 Å². The number of hydrogen-bond donors (Lipinski definition) is 1. The lowest BCUT2D eigenvalue weighted by Crippen LogP contribution is -2.44. The maximum absolute atomic E-state index is 11.5. The minimum absolute atomic E-state index is 0.167. The summed E-state index contributed by atoms with van der Waals surface area (Å²) in [6, 6.07) is 0. The van der Waals surface area contributed by atoms with Gasteiger partial charge in [-0.05, 0) is 0 Å². The third-order valence-corrected chi connectivity index (χ3v) is 2.26. The molecule has 1 N–H and O–H groups in total. The Hall–Kier alpha value is -1.14. The molecule has 0 aromatic carbocycles. The first-order valence-corrected chi connectivity index (χ1v) is 4.85. The molecular formula is C9H16N2O4. The van der Waals surface area contributed by atoms with Crippen LogP contribution in [-0.2, 0) is 14.3 Å². The zero-order valence-electron chi connectivity index (χ0n) is 8.81. The Labute approximate surface area is 88.4 Å². The molecule has 0 spiro atoms. The molecule has 0 unspecified atom stereocenters. The van der Waals surface area contributed by atoms with Crippen LogP contribution in [0.25, 0.3) is 0 Å². The highest BCUT2D eigenvalue weighted by molar-refractivity contribution is 5.82. The summed E-state index contributed by atoms with van der Waals surface area (Å²) in [6.45, 7) is 2.75. The number of aliphatic carboxylic acids is 1. The van der Waals surface area contributed by atoms with Gasteiger partial charge in [-0.1, -0.05) is 0 Å². The zero-order chi connectivity index (χ0) is 11.3. The number of carbonyl (C=O) groups excluding carboxylic acids is 1. The molecule has 6 nitrogen and oxygen atoms in total. The van der Waals surface area contributed by atoms with E-state index in [-0.39, 0.29) is 19.0 Å². The van der Waals surface area contributed by atoms with Crippen molar-refractivity contribution in [2.45, 2.75) is 0 Å². The van der Waals surface area contributed by atoms with Gasteiger partial charge < -0.3 is 14.7 Å².